The first-order chi connectivity index (χ1) is 9.04. The van der Waals surface area contributed by atoms with Crippen molar-refractivity contribution in [2.45, 2.75) is 25.8 Å². The third-order valence-electron chi connectivity index (χ3n) is 3.08. The Morgan fingerprint density at radius 3 is 2.84 bits per heavy atom. The SMILES string of the molecule is Cc1ccnc2c1nc(CCl)n2CCC(=O)N(C)C. The lowest BCUT2D eigenvalue weighted by atomic mass is 10.3. The maximum atomic E-state index is 11.7. The molecule has 2 rings (SSSR count). The zero-order valence-electron chi connectivity index (χ0n) is 11.4. The summed E-state index contributed by atoms with van der Waals surface area (Å²) in [5.74, 6) is 1.14. The number of nitrogens with zero attached hydrogens (tertiary/aromatic N) is 4. The molecule has 0 spiro atoms. The molecule has 1 amide bonds. The third-order valence-corrected chi connectivity index (χ3v) is 3.32. The van der Waals surface area contributed by atoms with E-state index >= 15 is 0 Å². The summed E-state index contributed by atoms with van der Waals surface area (Å²) >= 11 is 5.93. The molecular formula is C13H17ClN4O. The van der Waals surface area contributed by atoms with Gasteiger partial charge >= 0.3 is 0 Å². The van der Waals surface area contributed by atoms with Crippen LogP contribution in [0.1, 0.15) is 17.8 Å². The zero-order valence-corrected chi connectivity index (χ0v) is 12.1. The van der Waals surface area contributed by atoms with E-state index < -0.39 is 0 Å². The van der Waals surface area contributed by atoms with Crippen molar-refractivity contribution in [1.82, 2.24) is 19.4 Å². The van der Waals surface area contributed by atoms with E-state index in [0.29, 0.717) is 18.8 Å². The molecule has 0 unspecified atom stereocenters. The maximum absolute atomic E-state index is 11.7. The molecule has 102 valence electrons. The summed E-state index contributed by atoms with van der Waals surface area (Å²) in [7, 11) is 3.50. The Morgan fingerprint density at radius 1 is 1.47 bits per heavy atom. The van der Waals surface area contributed by atoms with Gasteiger partial charge in [-0.1, -0.05) is 0 Å². The molecule has 6 heteroatoms. The summed E-state index contributed by atoms with van der Waals surface area (Å²) in [6.07, 6.45) is 2.17. The van der Waals surface area contributed by atoms with Crippen LogP contribution < -0.4 is 0 Å². The lowest BCUT2D eigenvalue weighted by molar-refractivity contribution is -0.128. The van der Waals surface area contributed by atoms with Gasteiger partial charge < -0.3 is 9.47 Å². The highest BCUT2D eigenvalue weighted by atomic mass is 35.5. The molecule has 0 aliphatic rings. The first kappa shape index (κ1) is 13.8. The highest BCUT2D eigenvalue weighted by Gasteiger charge is 2.14. The van der Waals surface area contributed by atoms with Gasteiger partial charge in [0.2, 0.25) is 5.91 Å². The molecule has 0 saturated carbocycles. The number of alkyl halides is 1. The van der Waals surface area contributed by atoms with Gasteiger partial charge in [0.15, 0.2) is 5.65 Å². The molecule has 2 heterocycles. The number of aromatic nitrogens is 3. The van der Waals surface area contributed by atoms with E-state index in [0.717, 1.165) is 22.6 Å². The Bertz CT molecular complexity index is 606. The Labute approximate surface area is 117 Å². The van der Waals surface area contributed by atoms with Crippen LogP contribution in [0.5, 0.6) is 0 Å². The number of hydrogen-bond acceptors (Lipinski definition) is 3. The van der Waals surface area contributed by atoms with Gasteiger partial charge in [-0.15, -0.1) is 11.6 Å². The number of fused-ring (bicyclic) bond motifs is 1. The summed E-state index contributed by atoms with van der Waals surface area (Å²) < 4.78 is 1.93. The van der Waals surface area contributed by atoms with Gasteiger partial charge in [0, 0.05) is 33.3 Å². The Balaban J connectivity index is 2.36. The van der Waals surface area contributed by atoms with E-state index in [2.05, 4.69) is 9.97 Å². The number of halogens is 1. The monoisotopic (exact) mass is 280 g/mol. The summed E-state index contributed by atoms with van der Waals surface area (Å²) in [4.78, 5) is 22.1. The van der Waals surface area contributed by atoms with Crippen molar-refractivity contribution in [1.29, 1.82) is 0 Å². The van der Waals surface area contributed by atoms with Crippen LogP contribution in [0, 0.1) is 6.92 Å². The lowest BCUT2D eigenvalue weighted by Crippen LogP contribution is -2.23. The highest BCUT2D eigenvalue weighted by molar-refractivity contribution is 6.16. The maximum Gasteiger partial charge on any atom is 0.223 e. The zero-order chi connectivity index (χ0) is 14.0. The van der Waals surface area contributed by atoms with Crippen molar-refractivity contribution in [3.8, 4) is 0 Å². The van der Waals surface area contributed by atoms with Gasteiger partial charge in [-0.25, -0.2) is 9.97 Å². The quantitative estimate of drug-likeness (QED) is 0.805. The largest absolute Gasteiger partial charge is 0.349 e. The molecule has 5 nitrogen and oxygen atoms in total. The summed E-state index contributed by atoms with van der Waals surface area (Å²) in [5, 5.41) is 0. The second-order valence-corrected chi connectivity index (χ2v) is 4.92. The van der Waals surface area contributed by atoms with Crippen molar-refractivity contribution in [2.75, 3.05) is 14.1 Å². The average Bonchev–Trinajstić information content (AvgIpc) is 2.75. The minimum atomic E-state index is 0.0787. The molecular weight excluding hydrogens is 264 g/mol. The van der Waals surface area contributed by atoms with Crippen LogP contribution in [-0.4, -0.2) is 39.4 Å². The normalized spacial score (nSPS) is 10.9. The first-order valence-electron chi connectivity index (χ1n) is 6.11. The van der Waals surface area contributed by atoms with E-state index in [9.17, 15) is 4.79 Å². The van der Waals surface area contributed by atoms with Gasteiger partial charge in [0.05, 0.1) is 5.88 Å². The van der Waals surface area contributed by atoms with Crippen LogP contribution in [-0.2, 0) is 17.2 Å². The van der Waals surface area contributed by atoms with Crippen molar-refractivity contribution >= 4 is 28.7 Å². The number of amides is 1. The van der Waals surface area contributed by atoms with Gasteiger partial charge in [0.1, 0.15) is 11.3 Å². The number of rotatable bonds is 4. The number of carbonyl (C=O) groups is 1. The summed E-state index contributed by atoms with van der Waals surface area (Å²) in [6, 6.07) is 1.92. The van der Waals surface area contributed by atoms with Crippen molar-refractivity contribution < 1.29 is 4.79 Å². The van der Waals surface area contributed by atoms with Gasteiger partial charge in [-0.05, 0) is 18.6 Å². The molecule has 0 saturated heterocycles. The van der Waals surface area contributed by atoms with E-state index in [4.69, 9.17) is 11.6 Å². The molecule has 19 heavy (non-hydrogen) atoms. The fourth-order valence-corrected chi connectivity index (χ4v) is 2.16. The Hall–Kier alpha value is -1.62. The molecule has 0 aliphatic heterocycles. The third kappa shape index (κ3) is 2.71. The molecule has 0 fully saturated rings. The average molecular weight is 281 g/mol. The number of carbonyl (C=O) groups excluding carboxylic acids is 1. The van der Waals surface area contributed by atoms with Crippen LogP contribution in [0.25, 0.3) is 11.2 Å². The Kier molecular flexibility index (Phi) is 4.04. The second-order valence-electron chi connectivity index (χ2n) is 4.65. The predicted octanol–water partition coefficient (Wildman–Crippen LogP) is 1.96. The summed E-state index contributed by atoms with van der Waals surface area (Å²) in [5.41, 5.74) is 2.71. The fraction of sp³-hybridized carbons (Fsp3) is 0.462. The lowest BCUT2D eigenvalue weighted by Gasteiger charge is -2.11. The molecule has 0 aliphatic carbocycles. The van der Waals surface area contributed by atoms with E-state index in [1.807, 2.05) is 17.6 Å². The second kappa shape index (κ2) is 5.57. The highest BCUT2D eigenvalue weighted by Crippen LogP contribution is 2.19. The molecule has 0 N–H and O–H groups in total. The number of pyridine rings is 1. The number of imidazole rings is 1. The van der Waals surface area contributed by atoms with Gasteiger partial charge in [-0.3, -0.25) is 4.79 Å². The first-order valence-corrected chi connectivity index (χ1v) is 6.65. The predicted molar refractivity (Wildman–Crippen MR) is 75.1 cm³/mol. The van der Waals surface area contributed by atoms with Crippen LogP contribution in [0.15, 0.2) is 12.3 Å². The minimum absolute atomic E-state index is 0.0787. The van der Waals surface area contributed by atoms with Crippen molar-refractivity contribution in [2.24, 2.45) is 0 Å². The van der Waals surface area contributed by atoms with Crippen LogP contribution >= 0.6 is 11.6 Å². The van der Waals surface area contributed by atoms with Crippen molar-refractivity contribution in [3.05, 3.63) is 23.7 Å². The van der Waals surface area contributed by atoms with E-state index in [1.165, 1.54) is 0 Å². The van der Waals surface area contributed by atoms with Crippen LogP contribution in [0.2, 0.25) is 0 Å². The van der Waals surface area contributed by atoms with E-state index in [-0.39, 0.29) is 5.91 Å². The molecule has 2 aromatic heterocycles. The molecule has 2 aromatic rings. The van der Waals surface area contributed by atoms with Crippen molar-refractivity contribution in [3.63, 3.8) is 0 Å². The molecule has 0 radical (unpaired) electrons. The van der Waals surface area contributed by atoms with E-state index in [1.54, 1.807) is 25.2 Å². The van der Waals surface area contributed by atoms with Crippen LogP contribution in [0.4, 0.5) is 0 Å². The fourth-order valence-electron chi connectivity index (χ4n) is 1.95. The van der Waals surface area contributed by atoms with Gasteiger partial charge in [-0.2, -0.15) is 0 Å². The molecule has 0 atom stereocenters. The molecule has 0 aromatic carbocycles. The van der Waals surface area contributed by atoms with Gasteiger partial charge in [0.25, 0.3) is 0 Å². The topological polar surface area (TPSA) is 51.0 Å². The smallest absolute Gasteiger partial charge is 0.223 e. The van der Waals surface area contributed by atoms with Crippen LogP contribution in [0.3, 0.4) is 0 Å². The number of aryl methyl sites for hydroxylation is 2. The Morgan fingerprint density at radius 2 is 2.21 bits per heavy atom. The minimum Gasteiger partial charge on any atom is -0.349 e. The summed E-state index contributed by atoms with van der Waals surface area (Å²) in [6.45, 7) is 2.54. The molecule has 0 bridgehead atoms. The number of hydrogen-bond donors (Lipinski definition) is 0. The standard InChI is InChI=1S/C13H17ClN4O/c1-9-4-6-15-13-12(9)16-10(8-14)18(13)7-5-11(19)17(2)3/h4,6H,5,7-8H2,1-3H3.